The molecule has 2 atom stereocenters. The Bertz CT molecular complexity index is 667. The molecule has 1 aromatic rings. The Morgan fingerprint density at radius 1 is 1.36 bits per heavy atom. The van der Waals surface area contributed by atoms with E-state index in [1.54, 1.807) is 6.92 Å². The number of nitrogens with two attached hydrogens (primary N) is 1. The van der Waals surface area contributed by atoms with Crippen LogP contribution in [-0.2, 0) is 9.53 Å². The summed E-state index contributed by atoms with van der Waals surface area (Å²) in [6, 6.07) is 0. The number of hydrogen-bond acceptors (Lipinski definition) is 5. The van der Waals surface area contributed by atoms with Crippen LogP contribution in [0.5, 0.6) is 0 Å². The number of likely N-dealkylation sites (tertiary alicyclic amines) is 1. The Labute approximate surface area is 146 Å². The van der Waals surface area contributed by atoms with Gasteiger partial charge in [0.25, 0.3) is 11.8 Å². The SMILES string of the molecule is CCOC(=O)c1c(C)oc(NC(=O)C[NH+]2CCC[C@H](C)C2)c1C(N)=O. The molecule has 0 aromatic carbocycles. The molecule has 0 spiro atoms. The third-order valence-corrected chi connectivity index (χ3v) is 4.34. The van der Waals surface area contributed by atoms with E-state index in [2.05, 4.69) is 12.2 Å². The van der Waals surface area contributed by atoms with Gasteiger partial charge in [0, 0.05) is 5.92 Å². The van der Waals surface area contributed by atoms with Gasteiger partial charge in [-0.25, -0.2) is 4.79 Å². The van der Waals surface area contributed by atoms with Gasteiger partial charge in [-0.3, -0.25) is 14.9 Å². The molecular formula is C17H26N3O5+. The molecule has 8 nitrogen and oxygen atoms in total. The number of carbonyl (C=O) groups excluding carboxylic acids is 3. The van der Waals surface area contributed by atoms with Gasteiger partial charge in [-0.15, -0.1) is 0 Å². The van der Waals surface area contributed by atoms with E-state index in [9.17, 15) is 14.4 Å². The van der Waals surface area contributed by atoms with E-state index in [1.807, 2.05) is 0 Å². The fourth-order valence-corrected chi connectivity index (χ4v) is 3.27. The van der Waals surface area contributed by atoms with Crippen LogP contribution in [0.4, 0.5) is 5.88 Å². The van der Waals surface area contributed by atoms with E-state index in [-0.39, 0.29) is 41.8 Å². The van der Waals surface area contributed by atoms with Gasteiger partial charge in [0.2, 0.25) is 5.88 Å². The molecule has 25 heavy (non-hydrogen) atoms. The molecule has 0 bridgehead atoms. The molecule has 8 heteroatoms. The number of primary amides is 1. The zero-order chi connectivity index (χ0) is 18.6. The monoisotopic (exact) mass is 352 g/mol. The second kappa shape index (κ2) is 8.15. The van der Waals surface area contributed by atoms with E-state index >= 15 is 0 Å². The average Bonchev–Trinajstić information content (AvgIpc) is 2.83. The molecule has 1 aliphatic rings. The molecule has 2 amide bonds. The summed E-state index contributed by atoms with van der Waals surface area (Å²) in [5.41, 5.74) is 5.19. The molecule has 1 aliphatic heterocycles. The van der Waals surface area contributed by atoms with Crippen molar-refractivity contribution in [2.24, 2.45) is 11.7 Å². The molecule has 4 N–H and O–H groups in total. The van der Waals surface area contributed by atoms with Crippen molar-refractivity contribution in [3.05, 3.63) is 16.9 Å². The number of amides is 2. The summed E-state index contributed by atoms with van der Waals surface area (Å²) in [6.45, 7) is 7.64. The average molecular weight is 352 g/mol. The second-order valence-corrected chi connectivity index (χ2v) is 6.50. The van der Waals surface area contributed by atoms with E-state index in [4.69, 9.17) is 14.9 Å². The summed E-state index contributed by atoms with van der Waals surface area (Å²) in [7, 11) is 0. The third-order valence-electron chi connectivity index (χ3n) is 4.34. The van der Waals surface area contributed by atoms with Gasteiger partial charge in [-0.2, -0.15) is 0 Å². The zero-order valence-corrected chi connectivity index (χ0v) is 14.9. The van der Waals surface area contributed by atoms with Gasteiger partial charge >= 0.3 is 5.97 Å². The number of esters is 1. The van der Waals surface area contributed by atoms with Crippen LogP contribution in [0.15, 0.2) is 4.42 Å². The van der Waals surface area contributed by atoms with Crippen LogP contribution in [0.2, 0.25) is 0 Å². The Kier molecular flexibility index (Phi) is 6.19. The lowest BCUT2D eigenvalue weighted by atomic mass is 10.0. The molecular weight excluding hydrogens is 326 g/mol. The van der Waals surface area contributed by atoms with Gasteiger partial charge in [-0.05, 0) is 26.7 Å². The molecule has 138 valence electrons. The maximum atomic E-state index is 12.3. The largest absolute Gasteiger partial charge is 0.462 e. The van der Waals surface area contributed by atoms with Gasteiger partial charge in [0.1, 0.15) is 16.9 Å². The second-order valence-electron chi connectivity index (χ2n) is 6.50. The lowest BCUT2D eigenvalue weighted by molar-refractivity contribution is -0.900. The number of aryl methyl sites for hydroxylation is 1. The Balaban J connectivity index is 2.15. The highest BCUT2D eigenvalue weighted by Gasteiger charge is 2.30. The number of quaternary nitrogens is 1. The molecule has 2 heterocycles. The number of hydrogen-bond donors (Lipinski definition) is 3. The van der Waals surface area contributed by atoms with Gasteiger partial charge in [0.05, 0.1) is 19.7 Å². The predicted molar refractivity (Wildman–Crippen MR) is 90.5 cm³/mol. The number of furan rings is 1. The summed E-state index contributed by atoms with van der Waals surface area (Å²) in [6.07, 6.45) is 2.26. The third kappa shape index (κ3) is 4.60. The topological polar surface area (TPSA) is 116 Å². The van der Waals surface area contributed by atoms with Crippen molar-refractivity contribution in [1.82, 2.24) is 0 Å². The minimum Gasteiger partial charge on any atom is -0.462 e. The van der Waals surface area contributed by atoms with Crippen LogP contribution in [0.3, 0.4) is 0 Å². The molecule has 0 aliphatic carbocycles. The van der Waals surface area contributed by atoms with Crippen LogP contribution >= 0.6 is 0 Å². The molecule has 2 rings (SSSR count). The summed E-state index contributed by atoms with van der Waals surface area (Å²) in [5, 5.41) is 2.58. The quantitative estimate of drug-likeness (QED) is 0.629. The highest BCUT2D eigenvalue weighted by Crippen LogP contribution is 2.27. The summed E-state index contributed by atoms with van der Waals surface area (Å²) < 4.78 is 10.3. The number of rotatable bonds is 6. The fourth-order valence-electron chi connectivity index (χ4n) is 3.27. The number of piperidine rings is 1. The molecule has 1 saturated heterocycles. The van der Waals surface area contributed by atoms with Crippen molar-refractivity contribution in [3.8, 4) is 0 Å². The first-order chi connectivity index (χ1) is 11.8. The minimum atomic E-state index is -0.853. The Hall–Kier alpha value is -2.35. The molecule has 1 fully saturated rings. The normalized spacial score (nSPS) is 20.1. The fraction of sp³-hybridized carbons (Fsp3) is 0.588. The molecule has 0 radical (unpaired) electrons. The van der Waals surface area contributed by atoms with Crippen LogP contribution in [0.25, 0.3) is 0 Å². The maximum absolute atomic E-state index is 12.3. The van der Waals surface area contributed by atoms with Gasteiger partial charge in [0.15, 0.2) is 6.54 Å². The van der Waals surface area contributed by atoms with Crippen LogP contribution in [0, 0.1) is 12.8 Å². The van der Waals surface area contributed by atoms with Crippen LogP contribution in [-0.4, -0.2) is 44.0 Å². The van der Waals surface area contributed by atoms with Crippen LogP contribution in [0.1, 0.15) is 53.2 Å². The van der Waals surface area contributed by atoms with Gasteiger partial charge < -0.3 is 19.8 Å². The van der Waals surface area contributed by atoms with Crippen molar-refractivity contribution >= 4 is 23.7 Å². The Morgan fingerprint density at radius 3 is 2.68 bits per heavy atom. The lowest BCUT2D eigenvalue weighted by Gasteiger charge is -2.27. The first-order valence-corrected chi connectivity index (χ1v) is 8.57. The van der Waals surface area contributed by atoms with Crippen molar-refractivity contribution in [2.45, 2.75) is 33.6 Å². The zero-order valence-electron chi connectivity index (χ0n) is 14.9. The number of nitrogens with one attached hydrogen (secondary N) is 2. The highest BCUT2D eigenvalue weighted by molar-refractivity contribution is 6.10. The summed E-state index contributed by atoms with van der Waals surface area (Å²) in [5.74, 6) is -1.17. The first kappa shape index (κ1) is 19.0. The van der Waals surface area contributed by atoms with E-state index in [1.165, 1.54) is 18.2 Å². The van der Waals surface area contributed by atoms with E-state index in [0.29, 0.717) is 5.92 Å². The minimum absolute atomic E-state index is 0.0383. The summed E-state index contributed by atoms with van der Waals surface area (Å²) in [4.78, 5) is 37.3. The smallest absolute Gasteiger partial charge is 0.342 e. The number of carbonyl (C=O) groups is 3. The van der Waals surface area contributed by atoms with Crippen molar-refractivity contribution < 1.29 is 28.4 Å². The molecule has 1 unspecified atom stereocenters. The molecule has 0 saturated carbocycles. The van der Waals surface area contributed by atoms with Gasteiger partial charge in [-0.1, -0.05) is 6.92 Å². The van der Waals surface area contributed by atoms with E-state index in [0.717, 1.165) is 19.5 Å². The maximum Gasteiger partial charge on any atom is 0.342 e. The van der Waals surface area contributed by atoms with Crippen molar-refractivity contribution in [1.29, 1.82) is 0 Å². The first-order valence-electron chi connectivity index (χ1n) is 8.57. The van der Waals surface area contributed by atoms with Crippen LogP contribution < -0.4 is 16.0 Å². The molecule has 1 aromatic heterocycles. The van der Waals surface area contributed by atoms with E-state index < -0.39 is 11.9 Å². The summed E-state index contributed by atoms with van der Waals surface area (Å²) >= 11 is 0. The highest BCUT2D eigenvalue weighted by atomic mass is 16.5. The lowest BCUT2D eigenvalue weighted by Crippen LogP contribution is -3.14. The number of ether oxygens (including phenoxy) is 1. The van der Waals surface area contributed by atoms with Crippen molar-refractivity contribution in [3.63, 3.8) is 0 Å². The standard InChI is InChI=1S/C17H25N3O5/c1-4-24-17(23)13-11(3)25-16(14(13)15(18)22)19-12(21)9-20-7-5-6-10(2)8-20/h10H,4-9H2,1-3H3,(H2,18,22)(H,19,21)/p+1/t10-/m0/s1. The predicted octanol–water partition coefficient (Wildman–Crippen LogP) is 0.117. The van der Waals surface area contributed by atoms with Crippen molar-refractivity contribution in [2.75, 3.05) is 31.6 Å². The Morgan fingerprint density at radius 2 is 2.08 bits per heavy atom. The number of anilines is 1.